The zero-order chi connectivity index (χ0) is 14.7. The van der Waals surface area contributed by atoms with Crippen LogP contribution in [0, 0.1) is 5.92 Å². The van der Waals surface area contributed by atoms with E-state index in [0.717, 1.165) is 11.1 Å². The van der Waals surface area contributed by atoms with Gasteiger partial charge in [-0.1, -0.05) is 60.7 Å². The maximum Gasteiger partial charge on any atom is 0.313 e. The van der Waals surface area contributed by atoms with E-state index in [2.05, 4.69) is 0 Å². The van der Waals surface area contributed by atoms with Crippen molar-refractivity contribution in [1.82, 2.24) is 0 Å². The van der Waals surface area contributed by atoms with E-state index >= 15 is 0 Å². The molecule has 3 heteroatoms. The van der Waals surface area contributed by atoms with Gasteiger partial charge in [0.25, 0.3) is 0 Å². The molecule has 1 saturated heterocycles. The highest BCUT2D eigenvalue weighted by Crippen LogP contribution is 2.34. The van der Waals surface area contributed by atoms with E-state index in [1.165, 1.54) is 0 Å². The lowest BCUT2D eigenvalue weighted by Gasteiger charge is -2.30. The Morgan fingerprint density at radius 1 is 0.905 bits per heavy atom. The molecule has 0 N–H and O–H groups in total. The summed E-state index contributed by atoms with van der Waals surface area (Å²) in [5.74, 6) is -0.783. The standard InChI is InChI=1S/C18H16O3/c19-16-12-17(20)21-18(14-9-5-2-6-10-14)15(16)11-13-7-3-1-4-8-13/h1-10,15,18H,11-12H2/t15-,18+/m1/s1. The van der Waals surface area contributed by atoms with Gasteiger partial charge < -0.3 is 4.74 Å². The van der Waals surface area contributed by atoms with Crippen LogP contribution in [0.5, 0.6) is 0 Å². The Kier molecular flexibility index (Phi) is 3.82. The van der Waals surface area contributed by atoms with Gasteiger partial charge in [0.2, 0.25) is 0 Å². The van der Waals surface area contributed by atoms with Crippen LogP contribution in [0.1, 0.15) is 23.7 Å². The number of carbonyl (C=O) groups excluding carboxylic acids is 2. The van der Waals surface area contributed by atoms with Crippen LogP contribution in [-0.2, 0) is 20.7 Å². The highest BCUT2D eigenvalue weighted by atomic mass is 16.5. The molecule has 0 spiro atoms. The molecule has 2 aromatic carbocycles. The van der Waals surface area contributed by atoms with Crippen molar-refractivity contribution in [2.45, 2.75) is 18.9 Å². The SMILES string of the molecule is O=C1CC(=O)[C@@H](Cc2ccccc2)[C@H](c2ccccc2)O1. The highest BCUT2D eigenvalue weighted by molar-refractivity contribution is 5.99. The molecule has 0 bridgehead atoms. The Bertz CT molecular complexity index is 634. The van der Waals surface area contributed by atoms with Crippen LogP contribution in [0.15, 0.2) is 60.7 Å². The fourth-order valence-corrected chi connectivity index (χ4v) is 2.74. The second-order valence-electron chi connectivity index (χ2n) is 5.26. The first kappa shape index (κ1) is 13.6. The minimum Gasteiger partial charge on any atom is -0.456 e. The summed E-state index contributed by atoms with van der Waals surface area (Å²) in [5, 5.41) is 0. The van der Waals surface area contributed by atoms with Gasteiger partial charge in [0.15, 0.2) is 5.78 Å². The van der Waals surface area contributed by atoms with Crippen molar-refractivity contribution in [1.29, 1.82) is 0 Å². The molecule has 0 aliphatic carbocycles. The Balaban J connectivity index is 1.90. The summed E-state index contributed by atoms with van der Waals surface area (Å²) in [7, 11) is 0. The predicted molar refractivity (Wildman–Crippen MR) is 78.5 cm³/mol. The van der Waals surface area contributed by atoms with E-state index in [1.54, 1.807) is 0 Å². The lowest BCUT2D eigenvalue weighted by molar-refractivity contribution is -0.163. The number of cyclic esters (lactones) is 1. The number of Topliss-reactive ketones (excluding diaryl/α,β-unsaturated/α-hetero) is 1. The van der Waals surface area contributed by atoms with Gasteiger partial charge in [-0.3, -0.25) is 9.59 Å². The van der Waals surface area contributed by atoms with Gasteiger partial charge in [0, 0.05) is 0 Å². The van der Waals surface area contributed by atoms with Crippen molar-refractivity contribution in [3.8, 4) is 0 Å². The zero-order valence-corrected chi connectivity index (χ0v) is 11.6. The quantitative estimate of drug-likeness (QED) is 0.641. The van der Waals surface area contributed by atoms with Crippen molar-refractivity contribution in [2.24, 2.45) is 5.92 Å². The number of ketones is 1. The average Bonchev–Trinajstić information content (AvgIpc) is 2.51. The van der Waals surface area contributed by atoms with Crippen LogP contribution >= 0.6 is 0 Å². The molecule has 1 aliphatic heterocycles. The number of hydrogen-bond acceptors (Lipinski definition) is 3. The molecule has 2 aromatic rings. The first-order valence-electron chi connectivity index (χ1n) is 7.05. The Hall–Kier alpha value is -2.42. The molecule has 0 aromatic heterocycles. The normalized spacial score (nSPS) is 21.9. The van der Waals surface area contributed by atoms with E-state index in [9.17, 15) is 9.59 Å². The molecule has 0 amide bonds. The van der Waals surface area contributed by atoms with Crippen LogP contribution in [-0.4, -0.2) is 11.8 Å². The maximum atomic E-state index is 12.3. The zero-order valence-electron chi connectivity index (χ0n) is 11.6. The summed E-state index contributed by atoms with van der Waals surface area (Å²) in [5.41, 5.74) is 1.95. The van der Waals surface area contributed by atoms with E-state index in [-0.39, 0.29) is 18.1 Å². The summed E-state index contributed by atoms with van der Waals surface area (Å²) in [6.45, 7) is 0. The summed E-state index contributed by atoms with van der Waals surface area (Å²) >= 11 is 0. The van der Waals surface area contributed by atoms with Gasteiger partial charge in [-0.2, -0.15) is 0 Å². The van der Waals surface area contributed by atoms with E-state index < -0.39 is 12.1 Å². The molecule has 0 unspecified atom stereocenters. The summed E-state index contributed by atoms with van der Waals surface area (Å²) in [6.07, 6.45) is -0.0203. The van der Waals surface area contributed by atoms with Crippen LogP contribution in [0.25, 0.3) is 0 Å². The van der Waals surface area contributed by atoms with Crippen molar-refractivity contribution in [2.75, 3.05) is 0 Å². The molecular formula is C18H16O3. The summed E-state index contributed by atoms with van der Waals surface area (Å²) in [6, 6.07) is 19.3. The number of hydrogen-bond donors (Lipinski definition) is 0. The third kappa shape index (κ3) is 3.02. The predicted octanol–water partition coefficient (Wildman–Crippen LogP) is 3.10. The molecule has 106 valence electrons. The van der Waals surface area contributed by atoms with Crippen LogP contribution in [0.3, 0.4) is 0 Å². The molecule has 1 heterocycles. The lowest BCUT2D eigenvalue weighted by Crippen LogP contribution is -2.35. The molecule has 3 nitrogen and oxygen atoms in total. The van der Waals surface area contributed by atoms with E-state index in [1.807, 2.05) is 60.7 Å². The van der Waals surface area contributed by atoms with Gasteiger partial charge in [0.1, 0.15) is 12.5 Å². The summed E-state index contributed by atoms with van der Waals surface area (Å²) in [4.78, 5) is 23.9. The van der Waals surface area contributed by atoms with Gasteiger partial charge in [-0.15, -0.1) is 0 Å². The van der Waals surface area contributed by atoms with Gasteiger partial charge in [0.05, 0.1) is 5.92 Å². The smallest absolute Gasteiger partial charge is 0.313 e. The van der Waals surface area contributed by atoms with Gasteiger partial charge in [-0.25, -0.2) is 0 Å². The largest absolute Gasteiger partial charge is 0.456 e. The average molecular weight is 280 g/mol. The molecule has 21 heavy (non-hydrogen) atoms. The first-order chi connectivity index (χ1) is 10.2. The molecular weight excluding hydrogens is 264 g/mol. The topological polar surface area (TPSA) is 43.4 Å². The van der Waals surface area contributed by atoms with Crippen molar-refractivity contribution >= 4 is 11.8 Å². The monoisotopic (exact) mass is 280 g/mol. The van der Waals surface area contributed by atoms with Crippen LogP contribution < -0.4 is 0 Å². The third-order valence-corrected chi connectivity index (χ3v) is 3.78. The molecule has 1 fully saturated rings. The Labute approximate surface area is 123 Å². The first-order valence-corrected chi connectivity index (χ1v) is 7.05. The third-order valence-electron chi connectivity index (χ3n) is 3.78. The number of esters is 1. The fourth-order valence-electron chi connectivity index (χ4n) is 2.74. The second-order valence-corrected chi connectivity index (χ2v) is 5.26. The maximum absolute atomic E-state index is 12.3. The minimum atomic E-state index is -0.486. The Morgan fingerprint density at radius 2 is 1.52 bits per heavy atom. The molecule has 0 radical (unpaired) electrons. The van der Waals surface area contributed by atoms with E-state index in [4.69, 9.17) is 4.74 Å². The van der Waals surface area contributed by atoms with E-state index in [0.29, 0.717) is 6.42 Å². The number of benzene rings is 2. The molecule has 0 saturated carbocycles. The van der Waals surface area contributed by atoms with Crippen molar-refractivity contribution in [3.05, 3.63) is 71.8 Å². The number of carbonyl (C=O) groups is 2. The molecule has 1 aliphatic rings. The minimum absolute atomic E-state index is 0.0380. The van der Waals surface area contributed by atoms with Crippen LogP contribution in [0.2, 0.25) is 0 Å². The highest BCUT2D eigenvalue weighted by Gasteiger charge is 2.38. The summed E-state index contributed by atoms with van der Waals surface area (Å²) < 4.78 is 5.47. The second kappa shape index (κ2) is 5.92. The fraction of sp³-hybridized carbons (Fsp3) is 0.222. The number of ether oxygens (including phenoxy) is 1. The lowest BCUT2D eigenvalue weighted by atomic mass is 9.83. The van der Waals surface area contributed by atoms with Crippen molar-refractivity contribution < 1.29 is 14.3 Å². The van der Waals surface area contributed by atoms with Gasteiger partial charge >= 0.3 is 5.97 Å². The van der Waals surface area contributed by atoms with Gasteiger partial charge in [-0.05, 0) is 17.5 Å². The van der Waals surface area contributed by atoms with Crippen LogP contribution in [0.4, 0.5) is 0 Å². The van der Waals surface area contributed by atoms with Crippen molar-refractivity contribution in [3.63, 3.8) is 0 Å². The molecule has 3 rings (SSSR count). The Morgan fingerprint density at radius 3 is 2.19 bits per heavy atom. The number of rotatable bonds is 3. The molecule has 2 atom stereocenters.